The second kappa shape index (κ2) is 6.23. The van der Waals surface area contributed by atoms with Crippen LogP contribution in [0.5, 0.6) is 0 Å². The van der Waals surface area contributed by atoms with Crippen molar-refractivity contribution < 1.29 is 9.72 Å². The van der Waals surface area contributed by atoms with Gasteiger partial charge in [0.15, 0.2) is 0 Å². The van der Waals surface area contributed by atoms with Crippen LogP contribution in [-0.2, 0) is 6.54 Å². The van der Waals surface area contributed by atoms with Crippen LogP contribution in [0.15, 0.2) is 42.5 Å². The topological polar surface area (TPSA) is 98.3 Å². The maximum atomic E-state index is 12.0. The number of nitro groups is 1. The number of hydrogen-bond acceptors (Lipinski definition) is 4. The van der Waals surface area contributed by atoms with Gasteiger partial charge < -0.3 is 11.1 Å². The van der Waals surface area contributed by atoms with Gasteiger partial charge in [-0.05, 0) is 23.8 Å². The Morgan fingerprint density at radius 2 is 2.05 bits per heavy atom. The van der Waals surface area contributed by atoms with Crippen LogP contribution >= 0.6 is 11.6 Å². The van der Waals surface area contributed by atoms with Gasteiger partial charge in [0.05, 0.1) is 10.5 Å². The second-order valence-electron chi connectivity index (χ2n) is 4.34. The largest absolute Gasteiger partial charge is 0.398 e. The van der Waals surface area contributed by atoms with E-state index in [0.29, 0.717) is 16.3 Å². The van der Waals surface area contributed by atoms with Crippen molar-refractivity contribution in [2.24, 2.45) is 0 Å². The molecule has 1 amide bonds. The molecule has 2 aromatic carbocycles. The van der Waals surface area contributed by atoms with E-state index in [2.05, 4.69) is 5.32 Å². The smallest absolute Gasteiger partial charge is 0.269 e. The van der Waals surface area contributed by atoms with Gasteiger partial charge in [-0.3, -0.25) is 14.9 Å². The minimum atomic E-state index is -0.486. The first-order chi connectivity index (χ1) is 9.97. The summed E-state index contributed by atoms with van der Waals surface area (Å²) in [4.78, 5) is 22.2. The first-order valence-corrected chi connectivity index (χ1v) is 6.42. The van der Waals surface area contributed by atoms with E-state index in [0.717, 1.165) is 0 Å². The lowest BCUT2D eigenvalue weighted by Crippen LogP contribution is -2.23. The van der Waals surface area contributed by atoms with Crippen molar-refractivity contribution in [2.75, 3.05) is 5.73 Å². The van der Waals surface area contributed by atoms with Crippen LogP contribution in [-0.4, -0.2) is 10.8 Å². The third-order valence-electron chi connectivity index (χ3n) is 2.83. The molecular formula is C14H12ClN3O3. The van der Waals surface area contributed by atoms with Crippen LogP contribution in [0, 0.1) is 10.1 Å². The molecule has 108 valence electrons. The van der Waals surface area contributed by atoms with E-state index in [-0.39, 0.29) is 23.7 Å². The number of nitro benzene ring substituents is 1. The van der Waals surface area contributed by atoms with Gasteiger partial charge in [-0.25, -0.2) is 0 Å². The van der Waals surface area contributed by atoms with Crippen LogP contribution in [0.3, 0.4) is 0 Å². The lowest BCUT2D eigenvalue weighted by molar-refractivity contribution is -0.384. The van der Waals surface area contributed by atoms with Gasteiger partial charge >= 0.3 is 0 Å². The molecule has 7 heteroatoms. The first-order valence-electron chi connectivity index (χ1n) is 6.04. The minimum absolute atomic E-state index is 0.0241. The zero-order valence-electron chi connectivity index (χ0n) is 10.9. The summed E-state index contributed by atoms with van der Waals surface area (Å²) in [5.41, 5.74) is 6.90. The number of nitrogens with one attached hydrogen (secondary N) is 1. The van der Waals surface area contributed by atoms with Gasteiger partial charge in [-0.1, -0.05) is 23.7 Å². The monoisotopic (exact) mass is 305 g/mol. The molecule has 0 aliphatic heterocycles. The van der Waals surface area contributed by atoms with E-state index < -0.39 is 4.92 Å². The Balaban J connectivity index is 2.09. The number of halogens is 1. The summed E-state index contributed by atoms with van der Waals surface area (Å²) in [6.45, 7) is 0.159. The van der Waals surface area contributed by atoms with Crippen molar-refractivity contribution in [3.63, 3.8) is 0 Å². The molecule has 2 rings (SSSR count). The molecular weight excluding hydrogens is 294 g/mol. The number of nitrogen functional groups attached to an aromatic ring is 1. The molecule has 0 unspecified atom stereocenters. The van der Waals surface area contributed by atoms with Crippen LogP contribution in [0.4, 0.5) is 11.4 Å². The SMILES string of the molecule is Nc1ccc(Cl)cc1C(=O)NCc1cccc([N+](=O)[O-])c1. The fraction of sp³-hybridized carbons (Fsp3) is 0.0714. The van der Waals surface area contributed by atoms with E-state index in [4.69, 9.17) is 17.3 Å². The third-order valence-corrected chi connectivity index (χ3v) is 3.07. The molecule has 21 heavy (non-hydrogen) atoms. The number of nitrogens with zero attached hydrogens (tertiary/aromatic N) is 1. The molecule has 0 aliphatic rings. The number of benzene rings is 2. The highest BCUT2D eigenvalue weighted by Crippen LogP contribution is 2.18. The number of nitrogens with two attached hydrogens (primary N) is 1. The maximum absolute atomic E-state index is 12.0. The second-order valence-corrected chi connectivity index (χ2v) is 4.78. The van der Waals surface area contributed by atoms with Crippen LogP contribution in [0.25, 0.3) is 0 Å². The van der Waals surface area contributed by atoms with Crippen molar-refractivity contribution in [2.45, 2.75) is 6.54 Å². The Bertz CT molecular complexity index is 704. The average molecular weight is 306 g/mol. The molecule has 0 heterocycles. The number of carbonyl (C=O) groups excluding carboxylic acids is 1. The molecule has 0 atom stereocenters. The lowest BCUT2D eigenvalue weighted by Gasteiger charge is -2.08. The number of non-ortho nitro benzene ring substituents is 1. The molecule has 6 nitrogen and oxygen atoms in total. The van der Waals surface area contributed by atoms with Gasteiger partial charge in [0.1, 0.15) is 0 Å². The van der Waals surface area contributed by atoms with Gasteiger partial charge in [0.2, 0.25) is 0 Å². The summed E-state index contributed by atoms with van der Waals surface area (Å²) >= 11 is 5.82. The lowest BCUT2D eigenvalue weighted by atomic mass is 10.1. The molecule has 0 fully saturated rings. The van der Waals surface area contributed by atoms with E-state index in [1.54, 1.807) is 24.3 Å². The third kappa shape index (κ3) is 3.70. The van der Waals surface area contributed by atoms with Gasteiger partial charge in [-0.15, -0.1) is 0 Å². The Morgan fingerprint density at radius 1 is 1.29 bits per heavy atom. The molecule has 0 saturated heterocycles. The predicted molar refractivity (Wildman–Crippen MR) is 80.1 cm³/mol. The molecule has 2 aromatic rings. The first kappa shape index (κ1) is 14.8. The zero-order valence-corrected chi connectivity index (χ0v) is 11.6. The van der Waals surface area contributed by atoms with Gasteiger partial charge in [-0.2, -0.15) is 0 Å². The highest BCUT2D eigenvalue weighted by Gasteiger charge is 2.11. The van der Waals surface area contributed by atoms with E-state index in [1.165, 1.54) is 18.2 Å². The number of rotatable bonds is 4. The van der Waals surface area contributed by atoms with Crippen molar-refractivity contribution in [3.8, 4) is 0 Å². The number of anilines is 1. The normalized spacial score (nSPS) is 10.1. The number of carbonyl (C=O) groups is 1. The van der Waals surface area contributed by atoms with Gasteiger partial charge in [0, 0.05) is 29.4 Å². The molecule has 0 saturated carbocycles. The highest BCUT2D eigenvalue weighted by molar-refractivity contribution is 6.31. The Kier molecular flexibility index (Phi) is 4.39. The predicted octanol–water partition coefficient (Wildman–Crippen LogP) is 2.76. The van der Waals surface area contributed by atoms with Crippen LogP contribution in [0.1, 0.15) is 15.9 Å². The molecule has 0 aliphatic carbocycles. The van der Waals surface area contributed by atoms with Crippen molar-refractivity contribution in [1.29, 1.82) is 0 Å². The van der Waals surface area contributed by atoms with E-state index >= 15 is 0 Å². The minimum Gasteiger partial charge on any atom is -0.398 e. The summed E-state index contributed by atoms with van der Waals surface area (Å²) < 4.78 is 0. The fourth-order valence-electron chi connectivity index (χ4n) is 1.78. The summed E-state index contributed by atoms with van der Waals surface area (Å²) in [7, 11) is 0. The van der Waals surface area contributed by atoms with Crippen molar-refractivity contribution >= 4 is 28.9 Å². The number of amides is 1. The molecule has 3 N–H and O–H groups in total. The Morgan fingerprint density at radius 3 is 2.76 bits per heavy atom. The van der Waals surface area contributed by atoms with Crippen LogP contribution in [0.2, 0.25) is 5.02 Å². The van der Waals surface area contributed by atoms with E-state index in [1.807, 2.05) is 0 Å². The maximum Gasteiger partial charge on any atom is 0.269 e. The Labute approximate surface area is 125 Å². The molecule has 0 radical (unpaired) electrons. The van der Waals surface area contributed by atoms with Crippen molar-refractivity contribution in [1.82, 2.24) is 5.32 Å². The summed E-state index contributed by atoms with van der Waals surface area (Å²) in [6, 6.07) is 10.7. The molecule has 0 bridgehead atoms. The molecule has 0 aromatic heterocycles. The van der Waals surface area contributed by atoms with Crippen molar-refractivity contribution in [3.05, 3.63) is 68.7 Å². The standard InChI is InChI=1S/C14H12ClN3O3/c15-10-4-5-13(16)12(7-10)14(19)17-8-9-2-1-3-11(6-9)18(20)21/h1-7H,8,16H2,(H,17,19). The summed E-state index contributed by atoms with van der Waals surface area (Å²) in [5, 5.41) is 13.7. The summed E-state index contributed by atoms with van der Waals surface area (Å²) in [5.74, 6) is -0.387. The quantitative estimate of drug-likeness (QED) is 0.515. The van der Waals surface area contributed by atoms with Gasteiger partial charge in [0.25, 0.3) is 11.6 Å². The average Bonchev–Trinajstić information content (AvgIpc) is 2.47. The molecule has 0 spiro atoms. The zero-order chi connectivity index (χ0) is 15.4. The highest BCUT2D eigenvalue weighted by atomic mass is 35.5. The fourth-order valence-corrected chi connectivity index (χ4v) is 1.95. The van der Waals surface area contributed by atoms with Crippen LogP contribution < -0.4 is 11.1 Å². The van der Waals surface area contributed by atoms with E-state index in [9.17, 15) is 14.9 Å². The number of hydrogen-bond donors (Lipinski definition) is 2. The Hall–Kier alpha value is -2.60. The summed E-state index contributed by atoms with van der Waals surface area (Å²) in [6.07, 6.45) is 0.